The second-order valence-electron chi connectivity index (χ2n) is 4.35. The van der Waals surface area contributed by atoms with Gasteiger partial charge in [0.1, 0.15) is 17.2 Å². The molecule has 0 spiro atoms. The molecule has 1 N–H and O–H groups in total. The maximum atomic E-state index is 10.7. The molecule has 0 aliphatic carbocycles. The maximum Gasteiger partial charge on any atom is 0.346 e. The normalized spacial score (nSPS) is 12.0. The van der Waals surface area contributed by atoms with Gasteiger partial charge < -0.3 is 9.84 Å². The average molecular weight is 251 g/mol. The van der Waals surface area contributed by atoms with E-state index in [1.54, 1.807) is 17.5 Å². The Hall–Kier alpha value is -1.80. The fraction of sp³-hybridized carbons (Fsp3) is 0.333. The zero-order chi connectivity index (χ0) is 13.1. The Bertz CT molecular complexity index is 489. The highest BCUT2D eigenvalue weighted by atomic mass is 32.1. The van der Waals surface area contributed by atoms with Gasteiger partial charge in [0.2, 0.25) is 0 Å². The van der Waals surface area contributed by atoms with Crippen LogP contribution in [0.4, 0.5) is 0 Å². The smallest absolute Gasteiger partial charge is 0.346 e. The summed E-state index contributed by atoms with van der Waals surface area (Å²) in [5.74, 6) is -1.24. The molecule has 4 nitrogen and oxygen atoms in total. The summed E-state index contributed by atoms with van der Waals surface area (Å²) in [6.07, 6.45) is 1.32. The van der Waals surface area contributed by atoms with Gasteiger partial charge in [-0.3, -0.25) is 0 Å². The summed E-state index contributed by atoms with van der Waals surface area (Å²) in [6, 6.07) is 3.37. The predicted octanol–water partition coefficient (Wildman–Crippen LogP) is 2.92. The van der Waals surface area contributed by atoms with Crippen LogP contribution in [0.15, 0.2) is 17.0 Å². The molecule has 0 radical (unpaired) electrons. The van der Waals surface area contributed by atoms with E-state index in [0.29, 0.717) is 10.6 Å². The van der Waals surface area contributed by atoms with Crippen molar-refractivity contribution in [2.24, 2.45) is 0 Å². The van der Waals surface area contributed by atoms with Gasteiger partial charge in [0, 0.05) is 5.56 Å². The van der Waals surface area contributed by atoms with Crippen molar-refractivity contribution < 1.29 is 14.6 Å². The number of carbonyl (C=O) groups is 1. The third-order valence-corrected chi connectivity index (χ3v) is 2.51. The fourth-order valence-corrected chi connectivity index (χ4v) is 1.97. The van der Waals surface area contributed by atoms with Crippen LogP contribution in [0.5, 0.6) is 5.06 Å². The molecule has 1 heterocycles. The molecule has 0 aliphatic rings. The van der Waals surface area contributed by atoms with Crippen molar-refractivity contribution in [3.8, 4) is 11.1 Å². The van der Waals surface area contributed by atoms with Crippen LogP contribution in [-0.2, 0) is 4.79 Å². The second-order valence-corrected chi connectivity index (χ2v) is 5.23. The first kappa shape index (κ1) is 13.3. The van der Waals surface area contributed by atoms with E-state index in [4.69, 9.17) is 15.1 Å². The molecule has 1 aromatic rings. The molecule has 0 bridgehead atoms. The molecular formula is C12H13NO3S. The van der Waals surface area contributed by atoms with E-state index < -0.39 is 5.97 Å². The number of rotatable bonds is 3. The van der Waals surface area contributed by atoms with E-state index in [1.807, 2.05) is 20.8 Å². The number of thiophene rings is 1. The van der Waals surface area contributed by atoms with Crippen molar-refractivity contribution in [3.63, 3.8) is 0 Å². The first-order chi connectivity index (χ1) is 7.83. The molecule has 0 aliphatic heterocycles. The Morgan fingerprint density at radius 1 is 1.59 bits per heavy atom. The van der Waals surface area contributed by atoms with Gasteiger partial charge in [0.15, 0.2) is 5.06 Å². The van der Waals surface area contributed by atoms with Crippen molar-refractivity contribution in [2.75, 3.05) is 0 Å². The molecule has 0 saturated heterocycles. The summed E-state index contributed by atoms with van der Waals surface area (Å²) in [5.41, 5.74) is -0.0465. The minimum Gasteiger partial charge on any atom is -0.478 e. The second kappa shape index (κ2) is 5.02. The van der Waals surface area contributed by atoms with Crippen LogP contribution in [-0.4, -0.2) is 16.7 Å². The third-order valence-electron chi connectivity index (χ3n) is 1.71. The molecule has 0 fully saturated rings. The summed E-state index contributed by atoms with van der Waals surface area (Å²) in [7, 11) is 0. The number of carboxylic acids is 1. The SMILES string of the molecule is CC(C)(C)Oc1sccc1/C=C(\C#N)C(=O)O. The van der Waals surface area contributed by atoms with Crippen molar-refractivity contribution in [2.45, 2.75) is 26.4 Å². The number of hydrogen-bond donors (Lipinski definition) is 1. The van der Waals surface area contributed by atoms with Crippen LogP contribution < -0.4 is 4.74 Å². The number of ether oxygens (including phenoxy) is 1. The Balaban J connectivity index is 3.05. The summed E-state index contributed by atoms with van der Waals surface area (Å²) in [5, 5.41) is 19.9. The zero-order valence-corrected chi connectivity index (χ0v) is 10.7. The summed E-state index contributed by atoms with van der Waals surface area (Å²) in [6.45, 7) is 5.72. The van der Waals surface area contributed by atoms with Gasteiger partial charge in [-0.25, -0.2) is 4.79 Å². The van der Waals surface area contributed by atoms with Crippen molar-refractivity contribution >= 4 is 23.4 Å². The Kier molecular flexibility index (Phi) is 3.92. The monoisotopic (exact) mass is 251 g/mol. The van der Waals surface area contributed by atoms with Crippen LogP contribution in [0.25, 0.3) is 6.08 Å². The molecule has 0 unspecified atom stereocenters. The van der Waals surface area contributed by atoms with Gasteiger partial charge in [-0.2, -0.15) is 5.26 Å². The topological polar surface area (TPSA) is 70.3 Å². The molecule has 5 heteroatoms. The summed E-state index contributed by atoms with van der Waals surface area (Å²) in [4.78, 5) is 10.7. The summed E-state index contributed by atoms with van der Waals surface area (Å²) >= 11 is 1.37. The van der Waals surface area contributed by atoms with E-state index in [2.05, 4.69) is 0 Å². The molecule has 0 aromatic carbocycles. The lowest BCUT2D eigenvalue weighted by Crippen LogP contribution is -2.22. The van der Waals surface area contributed by atoms with Gasteiger partial charge in [-0.1, -0.05) is 0 Å². The van der Waals surface area contributed by atoms with E-state index in [0.717, 1.165) is 0 Å². The van der Waals surface area contributed by atoms with Gasteiger partial charge in [0.05, 0.1) is 0 Å². The van der Waals surface area contributed by atoms with E-state index in [1.165, 1.54) is 17.4 Å². The van der Waals surface area contributed by atoms with E-state index in [-0.39, 0.29) is 11.2 Å². The van der Waals surface area contributed by atoms with Crippen LogP contribution >= 0.6 is 11.3 Å². The Morgan fingerprint density at radius 2 is 2.24 bits per heavy atom. The molecule has 1 rings (SSSR count). The number of nitriles is 1. The number of aliphatic carboxylic acids is 1. The first-order valence-corrected chi connectivity index (χ1v) is 5.83. The van der Waals surface area contributed by atoms with Gasteiger partial charge in [-0.15, -0.1) is 11.3 Å². The van der Waals surface area contributed by atoms with Gasteiger partial charge in [0.25, 0.3) is 0 Å². The van der Waals surface area contributed by atoms with Crippen LogP contribution in [0.1, 0.15) is 26.3 Å². The standard InChI is InChI=1S/C12H13NO3S/c1-12(2,3)16-11-8(4-5-17-11)6-9(7-13)10(14)15/h4-6H,1-3H3,(H,14,15)/b9-6+. The van der Waals surface area contributed by atoms with Gasteiger partial charge in [-0.05, 0) is 38.3 Å². The van der Waals surface area contributed by atoms with Crippen molar-refractivity contribution in [1.29, 1.82) is 5.26 Å². The third kappa shape index (κ3) is 3.93. The predicted molar refractivity (Wildman–Crippen MR) is 65.9 cm³/mol. The number of nitrogens with zero attached hydrogens (tertiary/aromatic N) is 1. The first-order valence-electron chi connectivity index (χ1n) is 4.95. The highest BCUT2D eigenvalue weighted by Crippen LogP contribution is 2.31. The highest BCUT2D eigenvalue weighted by molar-refractivity contribution is 7.12. The maximum absolute atomic E-state index is 10.7. The lowest BCUT2D eigenvalue weighted by molar-refractivity contribution is -0.132. The van der Waals surface area contributed by atoms with Gasteiger partial charge >= 0.3 is 5.97 Å². The molecule has 17 heavy (non-hydrogen) atoms. The minimum atomic E-state index is -1.24. The minimum absolute atomic E-state index is 0.304. The Labute approximate surface area is 104 Å². The van der Waals surface area contributed by atoms with Crippen molar-refractivity contribution in [1.82, 2.24) is 0 Å². The molecule has 0 saturated carbocycles. The highest BCUT2D eigenvalue weighted by Gasteiger charge is 2.16. The molecule has 90 valence electrons. The van der Waals surface area contributed by atoms with Crippen LogP contribution in [0.2, 0.25) is 0 Å². The number of hydrogen-bond acceptors (Lipinski definition) is 4. The summed E-state index contributed by atoms with van der Waals surface area (Å²) < 4.78 is 5.67. The van der Waals surface area contributed by atoms with Crippen molar-refractivity contribution in [3.05, 3.63) is 22.6 Å². The molecule has 1 aromatic heterocycles. The average Bonchev–Trinajstić information content (AvgIpc) is 2.58. The molecular weight excluding hydrogens is 238 g/mol. The lowest BCUT2D eigenvalue weighted by Gasteiger charge is -2.20. The molecule has 0 atom stereocenters. The quantitative estimate of drug-likeness (QED) is 0.662. The van der Waals surface area contributed by atoms with E-state index in [9.17, 15) is 4.79 Å². The molecule has 0 amide bonds. The largest absolute Gasteiger partial charge is 0.478 e. The number of carboxylic acid groups (broad SMARTS) is 1. The van der Waals surface area contributed by atoms with Crippen LogP contribution in [0, 0.1) is 11.3 Å². The Morgan fingerprint density at radius 3 is 2.71 bits per heavy atom. The fourth-order valence-electron chi connectivity index (χ4n) is 1.07. The van der Waals surface area contributed by atoms with E-state index >= 15 is 0 Å². The lowest BCUT2D eigenvalue weighted by atomic mass is 10.2. The van der Waals surface area contributed by atoms with Crippen LogP contribution in [0.3, 0.4) is 0 Å². The zero-order valence-electron chi connectivity index (χ0n) is 9.85.